The Labute approximate surface area is 162 Å². The number of hydrogen-bond acceptors (Lipinski definition) is 5. The smallest absolute Gasteiger partial charge is 0.175 e. The van der Waals surface area contributed by atoms with Crippen molar-refractivity contribution >= 4 is 15.9 Å². The van der Waals surface area contributed by atoms with Crippen LogP contribution in [0.3, 0.4) is 0 Å². The van der Waals surface area contributed by atoms with Gasteiger partial charge in [-0.2, -0.15) is 0 Å². The molecule has 0 saturated heterocycles. The van der Waals surface area contributed by atoms with Gasteiger partial charge in [0.1, 0.15) is 0 Å². The summed E-state index contributed by atoms with van der Waals surface area (Å²) in [4.78, 5) is 0. The fraction of sp³-hybridized carbons (Fsp3) is 0.400. The van der Waals surface area contributed by atoms with E-state index in [2.05, 4.69) is 39.4 Å². The minimum absolute atomic E-state index is 0.188. The minimum Gasteiger partial charge on any atom is -0.493 e. The minimum atomic E-state index is 0.188. The zero-order valence-corrected chi connectivity index (χ0v) is 17.1. The Bertz CT molecular complexity index is 794. The van der Waals surface area contributed by atoms with Gasteiger partial charge in [0.25, 0.3) is 0 Å². The van der Waals surface area contributed by atoms with Crippen LogP contribution in [-0.4, -0.2) is 35.0 Å². The van der Waals surface area contributed by atoms with Crippen molar-refractivity contribution in [1.29, 1.82) is 0 Å². The molecule has 0 unspecified atom stereocenters. The summed E-state index contributed by atoms with van der Waals surface area (Å²) in [6.07, 6.45) is 1.79. The Morgan fingerprint density at radius 1 is 0.962 bits per heavy atom. The molecule has 0 aliphatic carbocycles. The lowest BCUT2D eigenvalue weighted by Crippen LogP contribution is -2.31. The Morgan fingerprint density at radius 2 is 1.65 bits per heavy atom. The molecule has 3 rings (SSSR count). The van der Waals surface area contributed by atoms with Crippen LogP contribution in [0.2, 0.25) is 0 Å². The van der Waals surface area contributed by atoms with Gasteiger partial charge in [-0.25, -0.2) is 0 Å². The van der Waals surface area contributed by atoms with Crippen LogP contribution in [0.4, 0.5) is 0 Å². The van der Waals surface area contributed by atoms with Crippen molar-refractivity contribution in [3.8, 4) is 23.0 Å². The fourth-order valence-corrected chi connectivity index (χ4v) is 4.11. The van der Waals surface area contributed by atoms with Gasteiger partial charge in [0.2, 0.25) is 0 Å². The van der Waals surface area contributed by atoms with E-state index in [4.69, 9.17) is 18.9 Å². The summed E-state index contributed by atoms with van der Waals surface area (Å²) >= 11 is 3.67. The maximum atomic E-state index is 5.50. The Morgan fingerprint density at radius 3 is 2.31 bits per heavy atom. The van der Waals surface area contributed by atoms with E-state index < -0.39 is 0 Å². The highest BCUT2D eigenvalue weighted by atomic mass is 79.9. The molecule has 2 aromatic carbocycles. The van der Waals surface area contributed by atoms with Crippen LogP contribution in [-0.2, 0) is 12.8 Å². The van der Waals surface area contributed by atoms with Gasteiger partial charge in [0, 0.05) is 6.04 Å². The summed E-state index contributed by atoms with van der Waals surface area (Å²) in [6, 6.07) is 8.37. The van der Waals surface area contributed by atoms with Gasteiger partial charge >= 0.3 is 0 Å². The van der Waals surface area contributed by atoms with Crippen LogP contribution in [0.15, 0.2) is 28.7 Å². The van der Waals surface area contributed by atoms with Crippen LogP contribution in [0, 0.1) is 0 Å². The molecule has 0 aromatic heterocycles. The molecule has 6 heteroatoms. The number of nitrogens with one attached hydrogen (secondary N) is 1. The number of benzene rings is 2. The molecule has 5 nitrogen and oxygen atoms in total. The van der Waals surface area contributed by atoms with Crippen LogP contribution in [0.25, 0.3) is 0 Å². The normalized spacial score (nSPS) is 16.0. The average Bonchev–Trinajstić information content (AvgIpc) is 2.68. The molecule has 0 spiro atoms. The predicted octanol–water partition coefficient (Wildman–Crippen LogP) is 3.91. The number of ether oxygens (including phenoxy) is 4. The number of rotatable bonds is 6. The average molecular weight is 422 g/mol. The third-order valence-corrected chi connectivity index (χ3v) is 5.66. The SMILES string of the molecule is COc1cc2c(cc1OC)[C@H](Cc1ccc(OC)c(OC)c1Br)NCC2. The van der Waals surface area contributed by atoms with Gasteiger partial charge in [-0.1, -0.05) is 6.07 Å². The van der Waals surface area contributed by atoms with Crippen LogP contribution in [0.5, 0.6) is 23.0 Å². The largest absolute Gasteiger partial charge is 0.493 e. The highest BCUT2D eigenvalue weighted by Crippen LogP contribution is 2.41. The third-order valence-electron chi connectivity index (χ3n) is 4.79. The molecule has 1 atom stereocenters. The molecule has 140 valence electrons. The molecule has 0 amide bonds. The summed E-state index contributed by atoms with van der Waals surface area (Å²) in [6.45, 7) is 0.929. The van der Waals surface area contributed by atoms with E-state index in [9.17, 15) is 0 Å². The van der Waals surface area contributed by atoms with Crippen molar-refractivity contribution in [1.82, 2.24) is 5.32 Å². The van der Waals surface area contributed by atoms with Crippen molar-refractivity contribution in [2.24, 2.45) is 0 Å². The van der Waals surface area contributed by atoms with E-state index in [0.717, 1.165) is 40.9 Å². The number of halogens is 1. The van der Waals surface area contributed by atoms with Crippen molar-refractivity contribution in [3.63, 3.8) is 0 Å². The van der Waals surface area contributed by atoms with E-state index in [1.54, 1.807) is 28.4 Å². The second-order valence-corrected chi connectivity index (χ2v) is 6.93. The first-order chi connectivity index (χ1) is 12.6. The standard InChI is InChI=1S/C20H24BrNO4/c1-23-16-6-5-13(19(21)20(16)26-4)9-15-14-11-18(25-3)17(24-2)10-12(14)7-8-22-15/h5-6,10-11,15,22H,7-9H2,1-4H3/t15-/m0/s1. The van der Waals surface area contributed by atoms with Gasteiger partial charge < -0.3 is 24.3 Å². The lowest BCUT2D eigenvalue weighted by molar-refractivity contribution is 0.351. The third kappa shape index (κ3) is 3.48. The lowest BCUT2D eigenvalue weighted by Gasteiger charge is -2.29. The second-order valence-electron chi connectivity index (χ2n) is 6.14. The van der Waals surface area contributed by atoms with Gasteiger partial charge in [-0.3, -0.25) is 0 Å². The molecule has 1 aliphatic heterocycles. The first-order valence-corrected chi connectivity index (χ1v) is 9.29. The van der Waals surface area contributed by atoms with Gasteiger partial charge in [-0.05, 0) is 70.2 Å². The zero-order valence-electron chi connectivity index (χ0n) is 15.5. The lowest BCUT2D eigenvalue weighted by atomic mass is 9.89. The number of methoxy groups -OCH3 is 4. The molecule has 0 fully saturated rings. The van der Waals surface area contributed by atoms with E-state index in [0.29, 0.717) is 11.5 Å². The second kappa shape index (κ2) is 8.18. The highest BCUT2D eigenvalue weighted by molar-refractivity contribution is 9.10. The van der Waals surface area contributed by atoms with Crippen LogP contribution < -0.4 is 24.3 Å². The van der Waals surface area contributed by atoms with Crippen molar-refractivity contribution in [3.05, 3.63) is 45.4 Å². The van der Waals surface area contributed by atoms with Crippen molar-refractivity contribution < 1.29 is 18.9 Å². The quantitative estimate of drug-likeness (QED) is 0.765. The number of fused-ring (bicyclic) bond motifs is 1. The molecule has 1 aliphatic rings. The maximum Gasteiger partial charge on any atom is 0.175 e. The molecule has 0 bridgehead atoms. The van der Waals surface area contributed by atoms with Gasteiger partial charge in [0.15, 0.2) is 23.0 Å². The summed E-state index contributed by atoms with van der Waals surface area (Å²) in [7, 11) is 6.63. The summed E-state index contributed by atoms with van der Waals surface area (Å²) in [5, 5.41) is 3.62. The molecular formula is C20H24BrNO4. The molecule has 0 radical (unpaired) electrons. The Kier molecular flexibility index (Phi) is 5.94. The van der Waals surface area contributed by atoms with Crippen molar-refractivity contribution in [2.45, 2.75) is 18.9 Å². The van der Waals surface area contributed by atoms with E-state index >= 15 is 0 Å². The van der Waals surface area contributed by atoms with Crippen LogP contribution in [0.1, 0.15) is 22.7 Å². The molecule has 0 saturated carbocycles. The maximum absolute atomic E-state index is 5.50. The first kappa shape index (κ1) is 18.9. The van der Waals surface area contributed by atoms with E-state index in [-0.39, 0.29) is 6.04 Å². The summed E-state index contributed by atoms with van der Waals surface area (Å²) in [5.74, 6) is 2.96. The summed E-state index contributed by atoms with van der Waals surface area (Å²) < 4.78 is 22.7. The van der Waals surface area contributed by atoms with E-state index in [1.807, 2.05) is 6.07 Å². The molecule has 2 aromatic rings. The van der Waals surface area contributed by atoms with Gasteiger partial charge in [-0.15, -0.1) is 0 Å². The Balaban J connectivity index is 1.96. The monoisotopic (exact) mass is 421 g/mol. The topological polar surface area (TPSA) is 49.0 Å². The van der Waals surface area contributed by atoms with Crippen molar-refractivity contribution in [2.75, 3.05) is 35.0 Å². The van der Waals surface area contributed by atoms with Crippen LogP contribution >= 0.6 is 15.9 Å². The first-order valence-electron chi connectivity index (χ1n) is 8.50. The fourth-order valence-electron chi connectivity index (χ4n) is 3.46. The molecular weight excluding hydrogens is 398 g/mol. The molecule has 26 heavy (non-hydrogen) atoms. The Hall–Kier alpha value is -1.92. The van der Waals surface area contributed by atoms with Gasteiger partial charge in [0.05, 0.1) is 32.9 Å². The predicted molar refractivity (Wildman–Crippen MR) is 105 cm³/mol. The van der Waals surface area contributed by atoms with E-state index in [1.165, 1.54) is 11.1 Å². The molecule has 1 N–H and O–H groups in total. The zero-order chi connectivity index (χ0) is 18.7. The molecule has 1 heterocycles. The highest BCUT2D eigenvalue weighted by Gasteiger charge is 2.24. The summed E-state index contributed by atoms with van der Waals surface area (Å²) in [5.41, 5.74) is 3.70. The number of hydrogen-bond donors (Lipinski definition) is 1.